The maximum atomic E-state index is 12.6. The van der Waals surface area contributed by atoms with Crippen molar-refractivity contribution >= 4 is 27.4 Å². The molecular weight excluding hydrogens is 370 g/mol. The minimum atomic E-state index is -3.62. The first-order valence-corrected chi connectivity index (χ1v) is 10.2. The molecule has 2 N–H and O–H groups in total. The molecule has 0 saturated carbocycles. The van der Waals surface area contributed by atoms with Crippen LogP contribution >= 0.6 is 0 Å². The Labute approximate surface area is 158 Å². The summed E-state index contributed by atoms with van der Waals surface area (Å²) in [5.74, 6) is -2.02. The van der Waals surface area contributed by atoms with Crippen LogP contribution in [0, 0.1) is 19.8 Å². The molecule has 2 rings (SSSR count). The first-order chi connectivity index (χ1) is 12.4. The number of sulfone groups is 1. The van der Waals surface area contributed by atoms with Crippen molar-refractivity contribution in [1.82, 2.24) is 9.78 Å². The van der Waals surface area contributed by atoms with Gasteiger partial charge in [0.25, 0.3) is 0 Å². The smallest absolute Gasteiger partial charge is 0.335 e. The van der Waals surface area contributed by atoms with Gasteiger partial charge in [-0.3, -0.25) is 9.48 Å². The summed E-state index contributed by atoms with van der Waals surface area (Å²) in [7, 11) is -1.79. The van der Waals surface area contributed by atoms with Gasteiger partial charge >= 0.3 is 5.97 Å². The van der Waals surface area contributed by atoms with E-state index in [9.17, 15) is 23.1 Å². The summed E-state index contributed by atoms with van der Waals surface area (Å²) in [5, 5.41) is 16.1. The highest BCUT2D eigenvalue weighted by molar-refractivity contribution is 7.90. The first kappa shape index (κ1) is 20.6. The normalized spacial score (nSPS) is 12.6. The van der Waals surface area contributed by atoms with Crippen molar-refractivity contribution in [2.75, 3.05) is 11.6 Å². The van der Waals surface area contributed by atoms with E-state index in [0.29, 0.717) is 6.42 Å². The summed E-state index contributed by atoms with van der Waals surface area (Å²) < 4.78 is 25.3. The quantitative estimate of drug-likeness (QED) is 0.774. The first-order valence-electron chi connectivity index (χ1n) is 8.28. The number of aryl methyl sites for hydroxylation is 2. The third kappa shape index (κ3) is 4.73. The van der Waals surface area contributed by atoms with Crippen LogP contribution in [0.5, 0.6) is 0 Å². The molecule has 8 nitrogen and oxygen atoms in total. The zero-order valence-corrected chi connectivity index (χ0v) is 16.7. The maximum Gasteiger partial charge on any atom is 0.335 e. The largest absolute Gasteiger partial charge is 0.478 e. The lowest BCUT2D eigenvalue weighted by molar-refractivity contribution is -0.119. The molecule has 1 aromatic heterocycles. The Balaban J connectivity index is 2.26. The summed E-state index contributed by atoms with van der Waals surface area (Å²) in [5.41, 5.74) is 2.73. The monoisotopic (exact) mass is 393 g/mol. The molecule has 1 atom stereocenters. The lowest BCUT2D eigenvalue weighted by Gasteiger charge is -2.14. The van der Waals surface area contributed by atoms with Crippen molar-refractivity contribution in [1.29, 1.82) is 0 Å². The van der Waals surface area contributed by atoms with Gasteiger partial charge in [-0.05, 0) is 44.0 Å². The molecule has 1 unspecified atom stereocenters. The highest BCUT2D eigenvalue weighted by Gasteiger charge is 2.20. The van der Waals surface area contributed by atoms with E-state index in [-0.39, 0.29) is 22.1 Å². The average Bonchev–Trinajstić information content (AvgIpc) is 2.79. The van der Waals surface area contributed by atoms with E-state index in [1.54, 1.807) is 11.6 Å². The van der Waals surface area contributed by atoms with Crippen LogP contribution in [0.3, 0.4) is 0 Å². The molecule has 146 valence electrons. The molecule has 0 aliphatic carbocycles. The van der Waals surface area contributed by atoms with Crippen molar-refractivity contribution in [2.24, 2.45) is 13.0 Å². The molecule has 1 heterocycles. The van der Waals surface area contributed by atoms with Crippen LogP contribution in [0.2, 0.25) is 0 Å². The number of aromatic nitrogens is 2. The van der Waals surface area contributed by atoms with Gasteiger partial charge in [-0.2, -0.15) is 5.10 Å². The number of carboxylic acids is 1. The molecule has 0 saturated heterocycles. The van der Waals surface area contributed by atoms with Crippen molar-refractivity contribution in [3.05, 3.63) is 40.7 Å². The predicted octanol–water partition coefficient (Wildman–Crippen LogP) is 1.96. The minimum Gasteiger partial charge on any atom is -0.478 e. The number of aromatic carboxylic acids is 1. The van der Waals surface area contributed by atoms with E-state index in [4.69, 9.17) is 0 Å². The van der Waals surface area contributed by atoms with Gasteiger partial charge in [-0.25, -0.2) is 13.2 Å². The van der Waals surface area contributed by atoms with Gasteiger partial charge in [0, 0.05) is 30.6 Å². The number of benzene rings is 1. The zero-order valence-electron chi connectivity index (χ0n) is 15.9. The summed E-state index contributed by atoms with van der Waals surface area (Å²) in [4.78, 5) is 23.6. The standard InChI is InChI=1S/C18H23N3O5S/c1-10(6-16-11(2)20-21(4)12(16)3)17(22)19-14-7-13(18(23)24)8-15(9-14)27(5,25)26/h7-10H,6H2,1-5H3,(H,19,22)(H,23,24). The Morgan fingerprint density at radius 3 is 2.37 bits per heavy atom. The van der Waals surface area contributed by atoms with Gasteiger partial charge in [0.05, 0.1) is 16.2 Å². The fraction of sp³-hybridized carbons (Fsp3) is 0.389. The molecule has 0 aliphatic heterocycles. The number of nitrogens with one attached hydrogen (secondary N) is 1. The van der Waals surface area contributed by atoms with Crippen LogP contribution in [-0.4, -0.2) is 41.4 Å². The Hall–Kier alpha value is -2.68. The summed E-state index contributed by atoms with van der Waals surface area (Å²) in [6.07, 6.45) is 1.45. The molecule has 1 amide bonds. The topological polar surface area (TPSA) is 118 Å². The molecule has 0 fully saturated rings. The summed E-state index contributed by atoms with van der Waals surface area (Å²) in [6, 6.07) is 3.56. The SMILES string of the molecule is Cc1nn(C)c(C)c1CC(C)C(=O)Nc1cc(C(=O)O)cc(S(C)(=O)=O)c1. The third-order valence-electron chi connectivity index (χ3n) is 4.47. The van der Waals surface area contributed by atoms with Gasteiger partial charge in [0.2, 0.25) is 5.91 Å². The molecule has 0 radical (unpaired) electrons. The Bertz CT molecular complexity index is 1010. The predicted molar refractivity (Wildman–Crippen MR) is 101 cm³/mol. The zero-order chi connectivity index (χ0) is 20.5. The van der Waals surface area contributed by atoms with Crippen LogP contribution in [0.15, 0.2) is 23.1 Å². The number of nitrogens with zero attached hydrogens (tertiary/aromatic N) is 2. The fourth-order valence-corrected chi connectivity index (χ4v) is 3.47. The Morgan fingerprint density at radius 2 is 1.89 bits per heavy atom. The average molecular weight is 393 g/mol. The molecule has 0 bridgehead atoms. The number of carboxylic acid groups (broad SMARTS) is 1. The van der Waals surface area contributed by atoms with E-state index in [2.05, 4.69) is 10.4 Å². The number of carbonyl (C=O) groups is 2. The minimum absolute atomic E-state index is 0.131. The summed E-state index contributed by atoms with van der Waals surface area (Å²) in [6.45, 7) is 5.55. The van der Waals surface area contributed by atoms with Gasteiger partial charge in [-0.1, -0.05) is 6.92 Å². The lowest BCUT2D eigenvalue weighted by atomic mass is 9.98. The number of rotatable bonds is 6. The second-order valence-electron chi connectivity index (χ2n) is 6.69. The Morgan fingerprint density at radius 1 is 1.26 bits per heavy atom. The van der Waals surface area contributed by atoms with Crippen LogP contribution in [0.4, 0.5) is 5.69 Å². The highest BCUT2D eigenvalue weighted by atomic mass is 32.2. The summed E-state index contributed by atoms with van der Waals surface area (Å²) >= 11 is 0. The molecule has 0 aliphatic rings. The van der Waals surface area contributed by atoms with E-state index < -0.39 is 21.7 Å². The van der Waals surface area contributed by atoms with E-state index >= 15 is 0 Å². The molecule has 0 spiro atoms. The number of hydrogen-bond donors (Lipinski definition) is 2. The van der Waals surface area contributed by atoms with Crippen molar-refractivity contribution < 1.29 is 23.1 Å². The molecule has 27 heavy (non-hydrogen) atoms. The van der Waals surface area contributed by atoms with Gasteiger partial charge < -0.3 is 10.4 Å². The molecular formula is C18H23N3O5S. The van der Waals surface area contributed by atoms with Gasteiger partial charge in [0.15, 0.2) is 9.84 Å². The highest BCUT2D eigenvalue weighted by Crippen LogP contribution is 2.22. The second-order valence-corrected chi connectivity index (χ2v) is 8.71. The van der Waals surface area contributed by atoms with Gasteiger partial charge in [-0.15, -0.1) is 0 Å². The molecule has 2 aromatic rings. The van der Waals surface area contributed by atoms with Crippen molar-refractivity contribution in [2.45, 2.75) is 32.1 Å². The van der Waals surface area contributed by atoms with E-state index in [1.165, 1.54) is 12.1 Å². The van der Waals surface area contributed by atoms with E-state index in [0.717, 1.165) is 29.3 Å². The lowest BCUT2D eigenvalue weighted by Crippen LogP contribution is -2.23. The molecule has 1 aromatic carbocycles. The van der Waals surface area contributed by atoms with Crippen molar-refractivity contribution in [3.8, 4) is 0 Å². The number of carbonyl (C=O) groups excluding carboxylic acids is 1. The third-order valence-corrected chi connectivity index (χ3v) is 5.56. The number of amides is 1. The fourth-order valence-electron chi connectivity index (χ4n) is 2.79. The van der Waals surface area contributed by atoms with E-state index in [1.807, 2.05) is 20.9 Å². The van der Waals surface area contributed by atoms with Crippen LogP contribution in [-0.2, 0) is 28.1 Å². The number of hydrogen-bond acceptors (Lipinski definition) is 5. The number of anilines is 1. The molecule has 9 heteroatoms. The van der Waals surface area contributed by atoms with Crippen LogP contribution < -0.4 is 5.32 Å². The van der Waals surface area contributed by atoms with Crippen molar-refractivity contribution in [3.63, 3.8) is 0 Å². The maximum absolute atomic E-state index is 12.6. The van der Waals surface area contributed by atoms with Gasteiger partial charge in [0.1, 0.15) is 0 Å². The van der Waals surface area contributed by atoms with Crippen LogP contribution in [0.25, 0.3) is 0 Å². The van der Waals surface area contributed by atoms with Crippen LogP contribution in [0.1, 0.15) is 34.2 Å². The Kier molecular flexibility index (Phi) is 5.74. The second kappa shape index (κ2) is 7.51.